The van der Waals surface area contributed by atoms with Crippen LogP contribution in [0.25, 0.3) is 0 Å². The summed E-state index contributed by atoms with van der Waals surface area (Å²) >= 11 is 1.89. The van der Waals surface area contributed by atoms with E-state index in [1.165, 1.54) is 24.2 Å². The number of hydrogen-bond acceptors (Lipinski definition) is 3. The van der Waals surface area contributed by atoms with Crippen LogP contribution in [0.5, 0.6) is 0 Å². The molecule has 25 heavy (non-hydrogen) atoms. The fourth-order valence-corrected chi connectivity index (χ4v) is 2.86. The molecule has 146 valence electrons. The van der Waals surface area contributed by atoms with E-state index in [1.54, 1.807) is 6.92 Å². The van der Waals surface area contributed by atoms with Crippen LogP contribution < -0.4 is 0 Å². The van der Waals surface area contributed by atoms with Crippen molar-refractivity contribution in [2.75, 3.05) is 13.2 Å². The lowest BCUT2D eigenvalue weighted by Crippen LogP contribution is -2.17. The number of carbonyl (C=O) groups is 1. The molecule has 0 saturated carbocycles. The summed E-state index contributed by atoms with van der Waals surface area (Å²) < 4.78 is 5.33. The highest BCUT2D eigenvalue weighted by Crippen LogP contribution is 2.29. The average Bonchev–Trinajstić information content (AvgIpc) is 2.65. The maximum absolute atomic E-state index is 11.1. The van der Waals surface area contributed by atoms with E-state index in [0.29, 0.717) is 5.25 Å². The number of benzene rings is 1. The topological polar surface area (TPSA) is 26.3 Å². The SMILES string of the molecule is CC.CC(=O)c1ccc(SC2CCOCC2)cc1.CCC.CCCC. The fourth-order valence-electron chi connectivity index (χ4n) is 1.75. The number of Topliss-reactive ketones (excluding diaryl/α,β-unsaturated/α-hetero) is 1. The van der Waals surface area contributed by atoms with Crippen LogP contribution in [0.3, 0.4) is 0 Å². The van der Waals surface area contributed by atoms with Gasteiger partial charge in [-0.1, -0.05) is 72.9 Å². The predicted molar refractivity (Wildman–Crippen MR) is 114 cm³/mol. The first-order valence-corrected chi connectivity index (χ1v) is 10.8. The zero-order valence-corrected chi connectivity index (χ0v) is 18.4. The molecule has 0 aliphatic carbocycles. The zero-order chi connectivity index (χ0) is 19.5. The van der Waals surface area contributed by atoms with Crippen molar-refractivity contribution in [3.63, 3.8) is 0 Å². The van der Waals surface area contributed by atoms with Gasteiger partial charge in [-0.25, -0.2) is 0 Å². The summed E-state index contributed by atoms with van der Waals surface area (Å²) in [5, 5.41) is 0.664. The van der Waals surface area contributed by atoms with Gasteiger partial charge in [-0.15, -0.1) is 11.8 Å². The molecule has 0 unspecified atom stereocenters. The van der Waals surface area contributed by atoms with E-state index in [9.17, 15) is 4.79 Å². The summed E-state index contributed by atoms with van der Waals surface area (Å²) in [6.07, 6.45) is 6.14. The fraction of sp³-hybridized carbons (Fsp3) is 0.682. The van der Waals surface area contributed by atoms with Crippen LogP contribution in [0.2, 0.25) is 0 Å². The lowest BCUT2D eigenvalue weighted by molar-refractivity contribution is 0.1000. The molecule has 1 aliphatic rings. The van der Waals surface area contributed by atoms with Crippen LogP contribution in [0.1, 0.15) is 90.9 Å². The van der Waals surface area contributed by atoms with Crippen LogP contribution in [0, 0.1) is 0 Å². The Morgan fingerprint density at radius 1 is 1.00 bits per heavy atom. The van der Waals surface area contributed by atoms with Gasteiger partial charge in [0, 0.05) is 28.9 Å². The van der Waals surface area contributed by atoms with Gasteiger partial charge in [0.05, 0.1) is 0 Å². The number of rotatable bonds is 4. The van der Waals surface area contributed by atoms with Crippen molar-refractivity contribution in [2.45, 2.75) is 90.7 Å². The standard InChI is InChI=1S/C13H16O2S.C4H10.C3H8.C2H6/c1-10(14)11-2-4-12(5-3-11)16-13-6-8-15-9-7-13;1-3-4-2;1-3-2;1-2/h2-5,13H,6-9H2,1H3;3-4H2,1-2H3;3H2,1-2H3;1-2H3. The first kappa shape index (κ1) is 26.4. The van der Waals surface area contributed by atoms with Gasteiger partial charge in [-0.05, 0) is 31.9 Å². The molecule has 0 N–H and O–H groups in total. The lowest BCUT2D eigenvalue weighted by atomic mass is 10.2. The zero-order valence-electron chi connectivity index (χ0n) is 17.6. The minimum Gasteiger partial charge on any atom is -0.381 e. The first-order valence-electron chi connectivity index (χ1n) is 9.94. The summed E-state index contributed by atoms with van der Waals surface area (Å²) in [7, 11) is 0. The number of carbonyl (C=O) groups excluding carboxylic acids is 1. The number of unbranched alkanes of at least 4 members (excludes halogenated alkanes) is 1. The van der Waals surface area contributed by atoms with Crippen LogP contribution >= 0.6 is 11.8 Å². The molecule has 0 amide bonds. The molecule has 0 radical (unpaired) electrons. The van der Waals surface area contributed by atoms with Crippen molar-refractivity contribution in [3.8, 4) is 0 Å². The highest BCUT2D eigenvalue weighted by Gasteiger charge is 2.14. The van der Waals surface area contributed by atoms with Gasteiger partial charge in [0.1, 0.15) is 0 Å². The van der Waals surface area contributed by atoms with E-state index >= 15 is 0 Å². The average molecular weight is 369 g/mol. The van der Waals surface area contributed by atoms with Crippen LogP contribution in [-0.4, -0.2) is 24.2 Å². The highest BCUT2D eigenvalue weighted by atomic mass is 32.2. The molecule has 1 aromatic rings. The molecular weight excluding hydrogens is 328 g/mol. The van der Waals surface area contributed by atoms with Crippen molar-refractivity contribution < 1.29 is 9.53 Å². The summed E-state index contributed by atoms with van der Waals surface area (Å²) in [5.41, 5.74) is 0.788. The third-order valence-corrected chi connectivity index (χ3v) is 4.58. The third-order valence-electron chi connectivity index (χ3n) is 3.23. The second-order valence-corrected chi connectivity index (χ2v) is 7.09. The molecule has 1 heterocycles. The Bertz CT molecular complexity index is 393. The Balaban J connectivity index is 0. The van der Waals surface area contributed by atoms with Gasteiger partial charge in [-0.2, -0.15) is 0 Å². The Morgan fingerprint density at radius 2 is 1.44 bits per heavy atom. The first-order chi connectivity index (χ1) is 12.1. The van der Waals surface area contributed by atoms with Gasteiger partial charge in [-0.3, -0.25) is 4.79 Å². The maximum atomic E-state index is 11.1. The quantitative estimate of drug-likeness (QED) is 0.517. The minimum atomic E-state index is 0.127. The van der Waals surface area contributed by atoms with Crippen LogP contribution in [0.15, 0.2) is 29.2 Å². The lowest BCUT2D eigenvalue weighted by Gasteiger charge is -2.21. The second-order valence-electron chi connectivity index (χ2n) is 5.72. The van der Waals surface area contributed by atoms with Crippen LogP contribution in [0.4, 0.5) is 0 Å². The number of ketones is 1. The van der Waals surface area contributed by atoms with Gasteiger partial charge < -0.3 is 4.74 Å². The molecule has 2 nitrogen and oxygen atoms in total. The molecule has 1 aliphatic heterocycles. The Labute approximate surface area is 161 Å². The third kappa shape index (κ3) is 15.2. The van der Waals surface area contributed by atoms with Gasteiger partial charge in [0.25, 0.3) is 0 Å². The largest absolute Gasteiger partial charge is 0.381 e. The number of ether oxygens (including phenoxy) is 1. The van der Waals surface area contributed by atoms with Crippen molar-refractivity contribution >= 4 is 17.5 Å². The van der Waals surface area contributed by atoms with E-state index in [1.807, 2.05) is 49.9 Å². The summed E-state index contributed by atoms with van der Waals surface area (Å²) in [6, 6.07) is 7.89. The van der Waals surface area contributed by atoms with Crippen LogP contribution in [-0.2, 0) is 4.74 Å². The molecule has 1 saturated heterocycles. The smallest absolute Gasteiger partial charge is 0.159 e. The van der Waals surface area contributed by atoms with E-state index in [0.717, 1.165) is 31.6 Å². The number of hydrogen-bond donors (Lipinski definition) is 0. The molecule has 0 aromatic heterocycles. The normalized spacial score (nSPS) is 13.2. The monoisotopic (exact) mass is 368 g/mol. The van der Waals surface area contributed by atoms with Crippen molar-refractivity contribution in [3.05, 3.63) is 29.8 Å². The molecule has 0 bridgehead atoms. The molecule has 1 aromatic carbocycles. The molecule has 0 spiro atoms. The van der Waals surface area contributed by atoms with Crippen molar-refractivity contribution in [1.29, 1.82) is 0 Å². The molecule has 3 heteroatoms. The van der Waals surface area contributed by atoms with Crippen molar-refractivity contribution in [2.24, 2.45) is 0 Å². The number of thioether (sulfide) groups is 1. The van der Waals surface area contributed by atoms with E-state index in [2.05, 4.69) is 27.7 Å². The summed E-state index contributed by atoms with van der Waals surface area (Å²) in [6.45, 7) is 16.0. The Hall–Kier alpha value is -0.800. The van der Waals surface area contributed by atoms with E-state index in [4.69, 9.17) is 4.74 Å². The molecule has 2 rings (SSSR count). The highest BCUT2D eigenvalue weighted by molar-refractivity contribution is 8.00. The maximum Gasteiger partial charge on any atom is 0.159 e. The van der Waals surface area contributed by atoms with E-state index < -0.39 is 0 Å². The molecule has 1 fully saturated rings. The van der Waals surface area contributed by atoms with Gasteiger partial charge >= 0.3 is 0 Å². The van der Waals surface area contributed by atoms with Gasteiger partial charge in [0.15, 0.2) is 5.78 Å². The van der Waals surface area contributed by atoms with Gasteiger partial charge in [0.2, 0.25) is 0 Å². The summed E-state index contributed by atoms with van der Waals surface area (Å²) in [5.74, 6) is 0.127. The second kappa shape index (κ2) is 19.5. The van der Waals surface area contributed by atoms with Crippen molar-refractivity contribution in [1.82, 2.24) is 0 Å². The van der Waals surface area contributed by atoms with E-state index in [-0.39, 0.29) is 5.78 Å². The summed E-state index contributed by atoms with van der Waals surface area (Å²) in [4.78, 5) is 12.4. The predicted octanol–water partition coefficient (Wildman–Crippen LogP) is 7.41. The molecule has 0 atom stereocenters. The Kier molecular flexibility index (Phi) is 20.6. The Morgan fingerprint density at radius 3 is 1.80 bits per heavy atom. The molecular formula is C22H40O2S. The minimum absolute atomic E-state index is 0.127.